The summed E-state index contributed by atoms with van der Waals surface area (Å²) in [5, 5.41) is 0. The van der Waals surface area contributed by atoms with Gasteiger partial charge in [0.25, 0.3) is 0 Å². The van der Waals surface area contributed by atoms with Crippen LogP contribution in [0.2, 0.25) is 0 Å². The third-order valence-corrected chi connectivity index (χ3v) is 2.93. The molecule has 0 aromatic heterocycles. The topological polar surface area (TPSA) is 54.0 Å². The van der Waals surface area contributed by atoms with Crippen LogP contribution in [0.15, 0.2) is 18.2 Å². The molecule has 19 heavy (non-hydrogen) atoms. The van der Waals surface area contributed by atoms with E-state index in [4.69, 9.17) is 18.9 Å². The zero-order chi connectivity index (χ0) is 14.1. The van der Waals surface area contributed by atoms with Crippen molar-refractivity contribution in [2.75, 3.05) is 40.6 Å². The minimum Gasteiger partial charge on any atom is -0.490 e. The first-order valence-electron chi connectivity index (χ1n) is 5.76. The highest BCUT2D eigenvalue weighted by atomic mass is 127. The zero-order valence-electron chi connectivity index (χ0n) is 11.0. The molecule has 0 aliphatic carbocycles. The lowest BCUT2D eigenvalue weighted by Gasteiger charge is -2.11. The van der Waals surface area contributed by atoms with Gasteiger partial charge in [0.2, 0.25) is 0 Å². The van der Waals surface area contributed by atoms with Crippen molar-refractivity contribution in [1.29, 1.82) is 0 Å². The van der Waals surface area contributed by atoms with E-state index < -0.39 is 5.97 Å². The van der Waals surface area contributed by atoms with E-state index in [0.717, 1.165) is 3.57 Å². The highest BCUT2D eigenvalue weighted by Gasteiger charge is 2.13. The Labute approximate surface area is 126 Å². The maximum atomic E-state index is 11.6. The SMILES string of the molecule is COCCOCCOc1ccc(I)cc1C(=O)OC. The van der Waals surface area contributed by atoms with Crippen LogP contribution >= 0.6 is 22.6 Å². The Hall–Kier alpha value is -0.860. The molecule has 0 aliphatic rings. The van der Waals surface area contributed by atoms with Crippen molar-refractivity contribution in [3.63, 3.8) is 0 Å². The standard InChI is InChI=1S/C13H17IO5/c1-16-5-6-18-7-8-19-12-4-3-10(14)9-11(12)13(15)17-2/h3-4,9H,5-8H2,1-2H3. The van der Waals surface area contributed by atoms with Crippen molar-refractivity contribution in [3.05, 3.63) is 27.3 Å². The number of benzene rings is 1. The minimum atomic E-state index is -0.409. The zero-order valence-corrected chi connectivity index (χ0v) is 13.1. The molecule has 0 spiro atoms. The van der Waals surface area contributed by atoms with Gasteiger partial charge in [-0.1, -0.05) is 0 Å². The molecule has 0 fully saturated rings. The maximum Gasteiger partial charge on any atom is 0.341 e. The summed E-state index contributed by atoms with van der Waals surface area (Å²) in [6, 6.07) is 5.35. The summed E-state index contributed by atoms with van der Waals surface area (Å²) in [6.07, 6.45) is 0. The highest BCUT2D eigenvalue weighted by Crippen LogP contribution is 2.22. The maximum absolute atomic E-state index is 11.6. The lowest BCUT2D eigenvalue weighted by Crippen LogP contribution is -2.12. The predicted octanol–water partition coefficient (Wildman–Crippen LogP) is 2.12. The van der Waals surface area contributed by atoms with Gasteiger partial charge >= 0.3 is 5.97 Å². The average molecular weight is 380 g/mol. The van der Waals surface area contributed by atoms with E-state index >= 15 is 0 Å². The van der Waals surface area contributed by atoms with E-state index in [1.165, 1.54) is 7.11 Å². The summed E-state index contributed by atoms with van der Waals surface area (Å²) in [5.74, 6) is 0.0939. The molecule has 6 heteroatoms. The van der Waals surface area contributed by atoms with Gasteiger partial charge in [0.1, 0.15) is 17.9 Å². The smallest absolute Gasteiger partial charge is 0.341 e. The number of methoxy groups -OCH3 is 2. The van der Waals surface area contributed by atoms with Gasteiger partial charge in [-0.2, -0.15) is 0 Å². The lowest BCUT2D eigenvalue weighted by molar-refractivity contribution is 0.0523. The third kappa shape index (κ3) is 5.75. The number of carbonyl (C=O) groups is 1. The normalized spacial score (nSPS) is 10.3. The molecule has 0 unspecified atom stereocenters. The van der Waals surface area contributed by atoms with E-state index in [1.807, 2.05) is 6.07 Å². The van der Waals surface area contributed by atoms with Crippen LogP contribution in [0.3, 0.4) is 0 Å². The van der Waals surface area contributed by atoms with Gasteiger partial charge in [-0.3, -0.25) is 0 Å². The molecule has 1 rings (SSSR count). The lowest BCUT2D eigenvalue weighted by atomic mass is 10.2. The van der Waals surface area contributed by atoms with Crippen molar-refractivity contribution >= 4 is 28.6 Å². The van der Waals surface area contributed by atoms with Crippen molar-refractivity contribution in [2.45, 2.75) is 0 Å². The summed E-state index contributed by atoms with van der Waals surface area (Å²) < 4.78 is 21.3. The van der Waals surface area contributed by atoms with E-state index in [1.54, 1.807) is 19.2 Å². The molecule has 0 saturated heterocycles. The summed E-state index contributed by atoms with van der Waals surface area (Å²) in [4.78, 5) is 11.6. The van der Waals surface area contributed by atoms with Crippen LogP contribution in [0.4, 0.5) is 0 Å². The molecule has 0 amide bonds. The molecule has 0 N–H and O–H groups in total. The number of halogens is 1. The fourth-order valence-electron chi connectivity index (χ4n) is 1.35. The largest absolute Gasteiger partial charge is 0.490 e. The fraction of sp³-hybridized carbons (Fsp3) is 0.462. The van der Waals surface area contributed by atoms with Gasteiger partial charge in [-0.05, 0) is 40.8 Å². The van der Waals surface area contributed by atoms with Crippen LogP contribution in [-0.2, 0) is 14.2 Å². The number of hydrogen-bond acceptors (Lipinski definition) is 5. The number of ether oxygens (including phenoxy) is 4. The van der Waals surface area contributed by atoms with Crippen molar-refractivity contribution in [2.24, 2.45) is 0 Å². The Kier molecular flexibility index (Phi) is 7.76. The number of rotatable bonds is 8. The second kappa shape index (κ2) is 9.11. The molecule has 0 aliphatic heterocycles. The Balaban J connectivity index is 2.50. The fourth-order valence-corrected chi connectivity index (χ4v) is 1.84. The monoisotopic (exact) mass is 380 g/mol. The van der Waals surface area contributed by atoms with Crippen LogP contribution in [-0.4, -0.2) is 46.6 Å². The van der Waals surface area contributed by atoms with Crippen LogP contribution in [0.25, 0.3) is 0 Å². The second-order valence-electron chi connectivity index (χ2n) is 3.59. The molecule has 106 valence electrons. The first kappa shape index (κ1) is 16.2. The van der Waals surface area contributed by atoms with Gasteiger partial charge in [-0.25, -0.2) is 4.79 Å². The summed E-state index contributed by atoms with van der Waals surface area (Å²) in [6.45, 7) is 1.89. The van der Waals surface area contributed by atoms with E-state index in [-0.39, 0.29) is 0 Å². The van der Waals surface area contributed by atoms with Crippen LogP contribution in [0, 0.1) is 3.57 Å². The highest BCUT2D eigenvalue weighted by molar-refractivity contribution is 14.1. The van der Waals surface area contributed by atoms with E-state index in [9.17, 15) is 4.79 Å². The van der Waals surface area contributed by atoms with Crippen molar-refractivity contribution in [1.82, 2.24) is 0 Å². The van der Waals surface area contributed by atoms with Gasteiger partial charge in [0, 0.05) is 10.7 Å². The Morgan fingerprint density at radius 1 is 1.16 bits per heavy atom. The minimum absolute atomic E-state index is 0.369. The Morgan fingerprint density at radius 2 is 1.89 bits per heavy atom. The van der Waals surface area contributed by atoms with Crippen molar-refractivity contribution < 1.29 is 23.7 Å². The molecule has 1 aromatic carbocycles. The van der Waals surface area contributed by atoms with Gasteiger partial charge in [-0.15, -0.1) is 0 Å². The van der Waals surface area contributed by atoms with Gasteiger partial charge < -0.3 is 18.9 Å². The third-order valence-electron chi connectivity index (χ3n) is 2.26. The summed E-state index contributed by atoms with van der Waals surface area (Å²) in [5.41, 5.74) is 0.422. The number of hydrogen-bond donors (Lipinski definition) is 0. The molecule has 0 heterocycles. The molecule has 0 atom stereocenters. The Bertz CT molecular complexity index is 408. The van der Waals surface area contributed by atoms with Crippen LogP contribution in [0.5, 0.6) is 5.75 Å². The van der Waals surface area contributed by atoms with E-state index in [0.29, 0.717) is 37.7 Å². The summed E-state index contributed by atoms with van der Waals surface area (Å²) >= 11 is 2.13. The van der Waals surface area contributed by atoms with E-state index in [2.05, 4.69) is 22.6 Å². The Morgan fingerprint density at radius 3 is 2.58 bits per heavy atom. The molecule has 0 bridgehead atoms. The van der Waals surface area contributed by atoms with Gasteiger partial charge in [0.05, 0.1) is 26.9 Å². The molecule has 5 nitrogen and oxygen atoms in total. The second-order valence-corrected chi connectivity index (χ2v) is 4.83. The average Bonchev–Trinajstić information content (AvgIpc) is 2.43. The predicted molar refractivity (Wildman–Crippen MR) is 78.7 cm³/mol. The molecule has 0 saturated carbocycles. The number of esters is 1. The van der Waals surface area contributed by atoms with Gasteiger partial charge in [0.15, 0.2) is 0 Å². The molecule has 1 aromatic rings. The van der Waals surface area contributed by atoms with Crippen LogP contribution in [0.1, 0.15) is 10.4 Å². The van der Waals surface area contributed by atoms with Crippen molar-refractivity contribution in [3.8, 4) is 5.75 Å². The first-order valence-corrected chi connectivity index (χ1v) is 6.84. The summed E-state index contributed by atoms with van der Waals surface area (Å²) in [7, 11) is 2.97. The quantitative estimate of drug-likeness (QED) is 0.393. The molecule has 0 radical (unpaired) electrons. The van der Waals surface area contributed by atoms with Crippen LogP contribution < -0.4 is 4.74 Å². The number of carbonyl (C=O) groups excluding carboxylic acids is 1. The molecular formula is C13H17IO5. The molecular weight excluding hydrogens is 363 g/mol. The first-order chi connectivity index (χ1) is 9.19.